The SMILES string of the molecule is Cc1nn(C2(C#N)CC2)cc1Nc1nc(C2CC2)c(-c2cncc3c2ncn3C)nc1C(N)=O. The molecule has 0 unspecified atom stereocenters. The molecule has 4 heterocycles. The maximum absolute atomic E-state index is 12.4. The van der Waals surface area contributed by atoms with Crippen molar-refractivity contribution in [1.29, 1.82) is 5.26 Å². The van der Waals surface area contributed by atoms with Crippen LogP contribution in [0.3, 0.4) is 0 Å². The van der Waals surface area contributed by atoms with Gasteiger partial charge in [-0.05, 0) is 32.6 Å². The van der Waals surface area contributed by atoms with E-state index in [4.69, 9.17) is 15.7 Å². The minimum atomic E-state index is -0.694. The summed E-state index contributed by atoms with van der Waals surface area (Å²) in [5.74, 6) is -0.176. The van der Waals surface area contributed by atoms with E-state index in [0.29, 0.717) is 17.1 Å². The molecule has 2 fully saturated rings. The van der Waals surface area contributed by atoms with Crippen molar-refractivity contribution in [2.24, 2.45) is 12.8 Å². The van der Waals surface area contributed by atoms with Gasteiger partial charge in [-0.15, -0.1) is 0 Å². The maximum atomic E-state index is 12.4. The second kappa shape index (κ2) is 7.08. The average molecular weight is 454 g/mol. The number of carbonyl (C=O) groups excluding carboxylic acids is 1. The summed E-state index contributed by atoms with van der Waals surface area (Å²) >= 11 is 0. The van der Waals surface area contributed by atoms with Gasteiger partial charge in [-0.3, -0.25) is 9.78 Å². The summed E-state index contributed by atoms with van der Waals surface area (Å²) in [6.07, 6.45) is 10.5. The Balaban J connectivity index is 1.48. The zero-order chi connectivity index (χ0) is 23.6. The number of hydrogen-bond acceptors (Lipinski definition) is 8. The van der Waals surface area contributed by atoms with E-state index in [2.05, 4.69) is 26.5 Å². The number of aryl methyl sites for hydroxylation is 2. The Morgan fingerprint density at radius 3 is 2.76 bits per heavy atom. The van der Waals surface area contributed by atoms with Crippen molar-refractivity contribution in [3.8, 4) is 17.3 Å². The lowest BCUT2D eigenvalue weighted by atomic mass is 10.1. The van der Waals surface area contributed by atoms with Crippen molar-refractivity contribution in [2.75, 3.05) is 5.32 Å². The van der Waals surface area contributed by atoms with Crippen molar-refractivity contribution in [3.63, 3.8) is 0 Å². The molecule has 2 aliphatic carbocycles. The smallest absolute Gasteiger partial charge is 0.271 e. The molecule has 11 heteroatoms. The number of hydrogen-bond donors (Lipinski definition) is 2. The molecule has 0 spiro atoms. The predicted octanol–water partition coefficient (Wildman–Crippen LogP) is 2.66. The van der Waals surface area contributed by atoms with Crippen LogP contribution in [0.2, 0.25) is 0 Å². The molecule has 0 radical (unpaired) electrons. The third-order valence-electron chi connectivity index (χ3n) is 6.54. The van der Waals surface area contributed by atoms with Crippen LogP contribution in [0.4, 0.5) is 11.5 Å². The number of anilines is 2. The first-order chi connectivity index (χ1) is 16.4. The summed E-state index contributed by atoms with van der Waals surface area (Å²) in [7, 11) is 1.90. The Hall–Kier alpha value is -4.33. The largest absolute Gasteiger partial charge is 0.364 e. The van der Waals surface area contributed by atoms with Gasteiger partial charge in [0.25, 0.3) is 5.91 Å². The molecule has 34 heavy (non-hydrogen) atoms. The van der Waals surface area contributed by atoms with Gasteiger partial charge in [0.05, 0.1) is 53.1 Å². The first-order valence-corrected chi connectivity index (χ1v) is 11.1. The molecule has 4 aromatic heterocycles. The summed E-state index contributed by atoms with van der Waals surface area (Å²) in [5, 5.41) is 17.2. The highest BCUT2D eigenvalue weighted by molar-refractivity contribution is 5.98. The highest BCUT2D eigenvalue weighted by Gasteiger charge is 2.46. The number of nitriles is 1. The fourth-order valence-corrected chi connectivity index (χ4v) is 4.20. The van der Waals surface area contributed by atoms with Crippen molar-refractivity contribution in [1.82, 2.24) is 34.3 Å². The molecule has 0 aliphatic heterocycles. The topological polar surface area (TPSA) is 153 Å². The van der Waals surface area contributed by atoms with Gasteiger partial charge in [0.15, 0.2) is 11.5 Å². The fourth-order valence-electron chi connectivity index (χ4n) is 4.20. The number of fused-ring (bicyclic) bond motifs is 1. The maximum Gasteiger partial charge on any atom is 0.271 e. The van der Waals surface area contributed by atoms with Crippen molar-refractivity contribution in [2.45, 2.75) is 44.1 Å². The summed E-state index contributed by atoms with van der Waals surface area (Å²) in [6.45, 7) is 1.84. The standard InChI is InChI=1S/C23H22N10O/c1-12-15(9-33(31-12)23(10-24)5-6-23)28-22-20(21(25)34)29-19(17(30-22)13-3-4-13)14-7-26-8-16-18(14)27-11-32(16)2/h7-9,11,13H,3-6H2,1-2H3,(H2,25,34)(H,28,30). The number of rotatable bonds is 6. The van der Waals surface area contributed by atoms with Crippen LogP contribution in [0, 0.1) is 18.3 Å². The molecule has 0 atom stereocenters. The molecular formula is C23H22N10O. The molecule has 11 nitrogen and oxygen atoms in total. The fraction of sp³-hybridized carbons (Fsp3) is 0.348. The number of nitrogens with one attached hydrogen (secondary N) is 1. The number of amides is 1. The Morgan fingerprint density at radius 2 is 2.09 bits per heavy atom. The summed E-state index contributed by atoms with van der Waals surface area (Å²) in [5.41, 5.74) is 10.2. The zero-order valence-electron chi connectivity index (χ0n) is 18.8. The number of nitrogens with zero attached hydrogens (tertiary/aromatic N) is 8. The monoisotopic (exact) mass is 454 g/mol. The van der Waals surface area contributed by atoms with Gasteiger partial charge in [-0.2, -0.15) is 10.4 Å². The quantitative estimate of drug-likeness (QED) is 0.451. The molecule has 2 aliphatic rings. The van der Waals surface area contributed by atoms with Crippen molar-refractivity contribution in [3.05, 3.63) is 42.0 Å². The van der Waals surface area contributed by atoms with E-state index in [9.17, 15) is 10.1 Å². The Bertz CT molecular complexity index is 1520. The minimum absolute atomic E-state index is 0.0286. The number of pyridine rings is 1. The molecule has 170 valence electrons. The lowest BCUT2D eigenvalue weighted by Crippen LogP contribution is -2.18. The Morgan fingerprint density at radius 1 is 1.29 bits per heavy atom. The van der Waals surface area contributed by atoms with E-state index in [1.165, 1.54) is 0 Å². The lowest BCUT2D eigenvalue weighted by Gasteiger charge is -2.14. The second-order valence-corrected chi connectivity index (χ2v) is 9.04. The molecule has 6 rings (SSSR count). The van der Waals surface area contributed by atoms with Crippen LogP contribution in [0.5, 0.6) is 0 Å². The van der Waals surface area contributed by atoms with Crippen LogP contribution in [0.1, 0.15) is 53.5 Å². The third kappa shape index (κ3) is 3.10. The van der Waals surface area contributed by atoms with Crippen LogP contribution < -0.4 is 11.1 Å². The first-order valence-electron chi connectivity index (χ1n) is 11.1. The van der Waals surface area contributed by atoms with Crippen LogP contribution in [-0.4, -0.2) is 40.2 Å². The molecule has 0 aromatic carbocycles. The minimum Gasteiger partial charge on any atom is -0.364 e. The van der Waals surface area contributed by atoms with Gasteiger partial charge >= 0.3 is 0 Å². The number of imidazole rings is 1. The number of aromatic nitrogens is 7. The summed E-state index contributed by atoms with van der Waals surface area (Å²) in [6, 6.07) is 2.33. The van der Waals surface area contributed by atoms with Crippen molar-refractivity contribution >= 4 is 28.4 Å². The number of carbonyl (C=O) groups is 1. The van der Waals surface area contributed by atoms with E-state index in [0.717, 1.165) is 48.0 Å². The molecule has 0 saturated heterocycles. The molecule has 2 saturated carbocycles. The van der Waals surface area contributed by atoms with Gasteiger partial charge in [-0.25, -0.2) is 19.6 Å². The third-order valence-corrected chi connectivity index (χ3v) is 6.54. The van der Waals surface area contributed by atoms with E-state index < -0.39 is 11.4 Å². The van der Waals surface area contributed by atoms with Gasteiger partial charge in [0.1, 0.15) is 11.1 Å². The van der Waals surface area contributed by atoms with Crippen molar-refractivity contribution < 1.29 is 4.79 Å². The second-order valence-electron chi connectivity index (χ2n) is 9.04. The van der Waals surface area contributed by atoms with E-state index in [-0.39, 0.29) is 17.4 Å². The molecule has 1 amide bonds. The molecule has 4 aromatic rings. The summed E-state index contributed by atoms with van der Waals surface area (Å²) < 4.78 is 3.57. The van der Waals surface area contributed by atoms with Crippen LogP contribution in [0.15, 0.2) is 24.9 Å². The Kier molecular flexibility index (Phi) is 4.23. The van der Waals surface area contributed by atoms with Crippen LogP contribution in [-0.2, 0) is 12.6 Å². The predicted molar refractivity (Wildman–Crippen MR) is 123 cm³/mol. The van der Waals surface area contributed by atoms with E-state index >= 15 is 0 Å². The van der Waals surface area contributed by atoms with Gasteiger partial charge < -0.3 is 15.6 Å². The van der Waals surface area contributed by atoms with Gasteiger partial charge in [0, 0.05) is 24.7 Å². The van der Waals surface area contributed by atoms with Crippen LogP contribution >= 0.6 is 0 Å². The summed E-state index contributed by atoms with van der Waals surface area (Å²) in [4.78, 5) is 30.9. The van der Waals surface area contributed by atoms with Crippen LogP contribution in [0.25, 0.3) is 22.3 Å². The first kappa shape index (κ1) is 20.3. The number of primary amides is 1. The van der Waals surface area contributed by atoms with E-state index in [1.807, 2.05) is 18.5 Å². The molecule has 0 bridgehead atoms. The van der Waals surface area contributed by atoms with Gasteiger partial charge in [-0.1, -0.05) is 0 Å². The highest BCUT2D eigenvalue weighted by atomic mass is 16.1. The lowest BCUT2D eigenvalue weighted by molar-refractivity contribution is 0.0996. The average Bonchev–Trinajstić information content (AvgIpc) is 3.75. The molecular weight excluding hydrogens is 432 g/mol. The van der Waals surface area contributed by atoms with E-state index in [1.54, 1.807) is 29.6 Å². The molecule has 3 N–H and O–H groups in total. The zero-order valence-corrected chi connectivity index (χ0v) is 18.8. The number of nitrogens with two attached hydrogens (primary N) is 1. The normalized spacial score (nSPS) is 16.4. The highest BCUT2D eigenvalue weighted by Crippen LogP contribution is 2.45. The Labute approximate surface area is 194 Å². The van der Waals surface area contributed by atoms with Gasteiger partial charge in [0.2, 0.25) is 0 Å².